The number of ether oxygens (including phenoxy) is 1. The molecule has 2 aromatic carbocycles. The van der Waals surface area contributed by atoms with Crippen LogP contribution in [0.4, 0.5) is 17.1 Å². The maximum absolute atomic E-state index is 12.3. The van der Waals surface area contributed by atoms with E-state index < -0.39 is 0 Å². The molecule has 0 unspecified atom stereocenters. The number of para-hydroxylation sites is 2. The van der Waals surface area contributed by atoms with E-state index in [4.69, 9.17) is 4.74 Å². The molecule has 10 nitrogen and oxygen atoms in total. The van der Waals surface area contributed by atoms with Gasteiger partial charge in [-0.25, -0.2) is 0 Å². The number of hydrogen-bond donors (Lipinski definition) is 2. The molecule has 2 aromatic rings. The number of nitro groups is 1. The number of nitrogens with one attached hydrogen (secondary N) is 2. The Morgan fingerprint density at radius 2 is 1.81 bits per heavy atom. The summed E-state index contributed by atoms with van der Waals surface area (Å²) in [6, 6.07) is 12.1. The summed E-state index contributed by atoms with van der Waals surface area (Å²) in [5.41, 5.74) is 2.20. The van der Waals surface area contributed by atoms with Crippen molar-refractivity contribution in [2.45, 2.75) is 6.92 Å². The summed E-state index contributed by atoms with van der Waals surface area (Å²) in [7, 11) is 1.53. The van der Waals surface area contributed by atoms with Crippen molar-refractivity contribution in [2.24, 2.45) is 0 Å². The molecule has 1 saturated heterocycles. The zero-order valence-corrected chi connectivity index (χ0v) is 18.2. The van der Waals surface area contributed by atoms with Crippen LogP contribution >= 0.6 is 0 Å². The standard InChI is InChI=1S/C22H27N5O5/c1-16-7-8-20(32-2)17(13-16)24-21(28)14-23-22(29)15-25-9-11-26(12-10-25)18-5-3-4-6-19(18)27(30)31/h3-8,13H,9-12,14-15H2,1-2H3,(H,23,29)(H,24,28). The van der Waals surface area contributed by atoms with Gasteiger partial charge in [0.05, 0.1) is 30.8 Å². The van der Waals surface area contributed by atoms with Crippen LogP contribution < -0.4 is 20.3 Å². The molecule has 1 fully saturated rings. The van der Waals surface area contributed by atoms with Gasteiger partial charge in [0.25, 0.3) is 5.69 Å². The van der Waals surface area contributed by atoms with E-state index in [9.17, 15) is 19.7 Å². The van der Waals surface area contributed by atoms with Gasteiger partial charge in [0.1, 0.15) is 11.4 Å². The number of carbonyl (C=O) groups excluding carboxylic acids is 2. The van der Waals surface area contributed by atoms with Gasteiger partial charge in [0.15, 0.2) is 0 Å². The number of aryl methyl sites for hydroxylation is 1. The first kappa shape index (κ1) is 23.0. The van der Waals surface area contributed by atoms with E-state index in [0.717, 1.165) is 5.56 Å². The lowest BCUT2D eigenvalue weighted by molar-refractivity contribution is -0.384. The predicted octanol–water partition coefficient (Wildman–Crippen LogP) is 1.79. The third-order valence-electron chi connectivity index (χ3n) is 5.23. The van der Waals surface area contributed by atoms with Crippen molar-refractivity contribution in [1.82, 2.24) is 10.2 Å². The van der Waals surface area contributed by atoms with E-state index in [1.54, 1.807) is 30.3 Å². The third kappa shape index (κ3) is 5.94. The predicted molar refractivity (Wildman–Crippen MR) is 121 cm³/mol. The average Bonchev–Trinajstić information content (AvgIpc) is 2.78. The van der Waals surface area contributed by atoms with Gasteiger partial charge in [-0.05, 0) is 30.7 Å². The summed E-state index contributed by atoms with van der Waals surface area (Å²) in [5.74, 6) is -0.0502. The molecule has 170 valence electrons. The highest BCUT2D eigenvalue weighted by atomic mass is 16.6. The maximum atomic E-state index is 12.3. The largest absolute Gasteiger partial charge is 0.495 e. The molecule has 0 aliphatic carbocycles. The molecule has 0 saturated carbocycles. The molecule has 0 bridgehead atoms. The third-order valence-corrected chi connectivity index (χ3v) is 5.23. The smallest absolute Gasteiger partial charge is 0.292 e. The number of carbonyl (C=O) groups is 2. The number of methoxy groups -OCH3 is 1. The van der Waals surface area contributed by atoms with Crippen LogP contribution in [-0.2, 0) is 9.59 Å². The van der Waals surface area contributed by atoms with Crippen molar-refractivity contribution in [1.29, 1.82) is 0 Å². The lowest BCUT2D eigenvalue weighted by Gasteiger charge is -2.35. The van der Waals surface area contributed by atoms with Crippen LogP contribution in [0.15, 0.2) is 42.5 Å². The molecule has 32 heavy (non-hydrogen) atoms. The van der Waals surface area contributed by atoms with Gasteiger partial charge in [-0.3, -0.25) is 24.6 Å². The van der Waals surface area contributed by atoms with Gasteiger partial charge in [-0.15, -0.1) is 0 Å². The summed E-state index contributed by atoms with van der Waals surface area (Å²) in [5, 5.41) is 16.6. The summed E-state index contributed by atoms with van der Waals surface area (Å²) >= 11 is 0. The number of nitrogens with zero attached hydrogens (tertiary/aromatic N) is 3. The Morgan fingerprint density at radius 1 is 1.09 bits per heavy atom. The fraction of sp³-hybridized carbons (Fsp3) is 0.364. The van der Waals surface area contributed by atoms with Crippen LogP contribution in [0.2, 0.25) is 0 Å². The number of benzene rings is 2. The number of piperazine rings is 1. The van der Waals surface area contributed by atoms with E-state index in [-0.39, 0.29) is 35.5 Å². The van der Waals surface area contributed by atoms with E-state index in [2.05, 4.69) is 10.6 Å². The first-order chi connectivity index (χ1) is 15.4. The molecule has 1 heterocycles. The summed E-state index contributed by atoms with van der Waals surface area (Å²) < 4.78 is 5.24. The van der Waals surface area contributed by atoms with E-state index in [1.165, 1.54) is 13.2 Å². The lowest BCUT2D eigenvalue weighted by Crippen LogP contribution is -2.50. The fourth-order valence-corrected chi connectivity index (χ4v) is 3.58. The Kier molecular flexibility index (Phi) is 7.61. The second-order valence-corrected chi connectivity index (χ2v) is 7.54. The van der Waals surface area contributed by atoms with Gasteiger partial charge in [-0.2, -0.15) is 0 Å². The van der Waals surface area contributed by atoms with Crippen molar-refractivity contribution < 1.29 is 19.2 Å². The molecule has 0 aromatic heterocycles. The lowest BCUT2D eigenvalue weighted by atomic mass is 10.2. The van der Waals surface area contributed by atoms with Crippen LogP contribution in [0.3, 0.4) is 0 Å². The summed E-state index contributed by atoms with van der Waals surface area (Å²) in [6.45, 7) is 4.25. The zero-order valence-electron chi connectivity index (χ0n) is 18.2. The number of anilines is 2. The van der Waals surface area contributed by atoms with Crippen LogP contribution in [-0.4, -0.2) is 68.0 Å². The highest BCUT2D eigenvalue weighted by Crippen LogP contribution is 2.28. The zero-order chi connectivity index (χ0) is 23.1. The Bertz CT molecular complexity index is 988. The molecule has 1 aliphatic rings. The minimum atomic E-state index is -0.382. The summed E-state index contributed by atoms with van der Waals surface area (Å²) in [4.78, 5) is 39.3. The number of hydrogen-bond acceptors (Lipinski definition) is 7. The quantitative estimate of drug-likeness (QED) is 0.474. The molecular formula is C22H27N5O5. The van der Waals surface area contributed by atoms with Crippen molar-refractivity contribution in [3.8, 4) is 5.75 Å². The van der Waals surface area contributed by atoms with Crippen LogP contribution in [0, 0.1) is 17.0 Å². The number of amides is 2. The fourth-order valence-electron chi connectivity index (χ4n) is 3.58. The molecule has 0 radical (unpaired) electrons. The Morgan fingerprint density at radius 3 is 2.50 bits per heavy atom. The molecule has 3 rings (SSSR count). The summed E-state index contributed by atoms with van der Waals surface area (Å²) in [6.07, 6.45) is 0. The normalized spacial score (nSPS) is 14.0. The van der Waals surface area contributed by atoms with Crippen LogP contribution in [0.25, 0.3) is 0 Å². The van der Waals surface area contributed by atoms with Crippen molar-refractivity contribution >= 4 is 28.9 Å². The monoisotopic (exact) mass is 441 g/mol. The SMILES string of the molecule is COc1ccc(C)cc1NC(=O)CNC(=O)CN1CCN(c2ccccc2[N+](=O)[O-])CC1. The second-order valence-electron chi connectivity index (χ2n) is 7.54. The number of nitro benzene ring substituents is 1. The van der Waals surface area contributed by atoms with Crippen molar-refractivity contribution in [3.63, 3.8) is 0 Å². The highest BCUT2D eigenvalue weighted by Gasteiger charge is 2.24. The van der Waals surface area contributed by atoms with E-state index >= 15 is 0 Å². The van der Waals surface area contributed by atoms with Crippen molar-refractivity contribution in [3.05, 3.63) is 58.1 Å². The van der Waals surface area contributed by atoms with E-state index in [1.807, 2.05) is 22.8 Å². The molecular weight excluding hydrogens is 414 g/mol. The molecule has 10 heteroatoms. The minimum Gasteiger partial charge on any atom is -0.495 e. The molecule has 2 amide bonds. The van der Waals surface area contributed by atoms with Gasteiger partial charge in [0.2, 0.25) is 11.8 Å². The second kappa shape index (κ2) is 10.6. The van der Waals surface area contributed by atoms with Crippen molar-refractivity contribution in [2.75, 3.05) is 56.6 Å². The molecule has 1 aliphatic heterocycles. The Labute approximate surface area is 186 Å². The highest BCUT2D eigenvalue weighted by molar-refractivity contribution is 5.96. The Balaban J connectivity index is 1.44. The molecule has 2 N–H and O–H groups in total. The van der Waals surface area contributed by atoms with Crippen LogP contribution in [0.5, 0.6) is 5.75 Å². The van der Waals surface area contributed by atoms with Gasteiger partial charge >= 0.3 is 0 Å². The first-order valence-electron chi connectivity index (χ1n) is 10.3. The van der Waals surface area contributed by atoms with E-state index in [0.29, 0.717) is 43.3 Å². The number of rotatable bonds is 8. The van der Waals surface area contributed by atoms with Gasteiger partial charge in [-0.1, -0.05) is 18.2 Å². The minimum absolute atomic E-state index is 0.0787. The molecule has 0 spiro atoms. The van der Waals surface area contributed by atoms with Crippen LogP contribution in [0.1, 0.15) is 5.56 Å². The maximum Gasteiger partial charge on any atom is 0.292 e. The first-order valence-corrected chi connectivity index (χ1v) is 10.3. The average molecular weight is 441 g/mol. The molecule has 0 atom stereocenters. The Hall–Kier alpha value is -3.66. The topological polar surface area (TPSA) is 117 Å². The van der Waals surface area contributed by atoms with Gasteiger partial charge < -0.3 is 20.3 Å². The van der Waals surface area contributed by atoms with Gasteiger partial charge in [0, 0.05) is 32.2 Å².